The summed E-state index contributed by atoms with van der Waals surface area (Å²) >= 11 is 17.4. The van der Waals surface area contributed by atoms with Crippen LogP contribution in [0.3, 0.4) is 0 Å². The Balaban J connectivity index is 2.35. The van der Waals surface area contributed by atoms with E-state index in [1.165, 1.54) is 24.3 Å². The summed E-state index contributed by atoms with van der Waals surface area (Å²) in [7, 11) is 0. The van der Waals surface area contributed by atoms with Crippen LogP contribution in [0.2, 0.25) is 15.1 Å². The topological polar surface area (TPSA) is 110 Å². The van der Waals surface area contributed by atoms with Crippen LogP contribution in [0.25, 0.3) is 0 Å². The molecule has 0 aliphatic heterocycles. The predicted octanol–water partition coefficient (Wildman–Crippen LogP) is 4.90. The van der Waals surface area contributed by atoms with Crippen molar-refractivity contribution >= 4 is 57.6 Å². The van der Waals surface area contributed by atoms with Crippen molar-refractivity contribution in [3.8, 4) is 0 Å². The molecule has 0 atom stereocenters. The highest BCUT2D eigenvalue weighted by Crippen LogP contribution is 2.35. The average molecular weight is 378 g/mol. The largest absolute Gasteiger partial charge is 0.295 e. The molecule has 0 spiro atoms. The van der Waals surface area contributed by atoms with Crippen molar-refractivity contribution in [3.05, 3.63) is 65.6 Å². The van der Waals surface area contributed by atoms with Crippen LogP contribution in [0, 0.1) is 20.2 Å². The van der Waals surface area contributed by atoms with Crippen molar-refractivity contribution in [2.45, 2.75) is 0 Å². The molecular formula is C12H7Cl3N4O4. The number of nitro groups is 2. The quantitative estimate of drug-likeness (QED) is 0.566. The van der Waals surface area contributed by atoms with Gasteiger partial charge in [0.2, 0.25) is 0 Å². The Morgan fingerprint density at radius 3 is 1.87 bits per heavy atom. The number of benzene rings is 2. The molecule has 0 heterocycles. The van der Waals surface area contributed by atoms with Crippen LogP contribution in [0.1, 0.15) is 0 Å². The van der Waals surface area contributed by atoms with Crippen LogP contribution >= 0.6 is 34.8 Å². The van der Waals surface area contributed by atoms with Gasteiger partial charge in [0.15, 0.2) is 0 Å². The third kappa shape index (κ3) is 3.92. The second-order valence-electron chi connectivity index (χ2n) is 4.21. The highest BCUT2D eigenvalue weighted by Gasteiger charge is 2.19. The van der Waals surface area contributed by atoms with Crippen molar-refractivity contribution in [3.63, 3.8) is 0 Å². The van der Waals surface area contributed by atoms with Crippen LogP contribution in [-0.2, 0) is 0 Å². The summed E-state index contributed by atoms with van der Waals surface area (Å²) in [5, 5.41) is 22.3. The molecule has 8 nitrogen and oxygen atoms in total. The number of nitrogens with one attached hydrogen (secondary N) is 2. The Kier molecular flexibility index (Phi) is 5.09. The first-order chi connectivity index (χ1) is 10.8. The van der Waals surface area contributed by atoms with E-state index in [9.17, 15) is 20.2 Å². The molecule has 23 heavy (non-hydrogen) atoms. The van der Waals surface area contributed by atoms with Crippen molar-refractivity contribution in [1.29, 1.82) is 0 Å². The number of anilines is 2. The van der Waals surface area contributed by atoms with E-state index in [0.717, 1.165) is 6.07 Å². The fourth-order valence-electron chi connectivity index (χ4n) is 1.69. The minimum absolute atomic E-state index is 0.0117. The van der Waals surface area contributed by atoms with Gasteiger partial charge in [0, 0.05) is 17.2 Å². The van der Waals surface area contributed by atoms with E-state index in [2.05, 4.69) is 10.9 Å². The Morgan fingerprint density at radius 2 is 1.30 bits per heavy atom. The molecule has 2 rings (SSSR count). The van der Waals surface area contributed by atoms with Gasteiger partial charge in [-0.3, -0.25) is 31.1 Å². The fourth-order valence-corrected chi connectivity index (χ4v) is 2.18. The summed E-state index contributed by atoms with van der Waals surface area (Å²) in [5.74, 6) is 0. The smallest absolute Gasteiger partial charge is 0.294 e. The summed E-state index contributed by atoms with van der Waals surface area (Å²) in [5.41, 5.74) is 4.42. The molecule has 120 valence electrons. The molecule has 2 aromatic carbocycles. The normalized spacial score (nSPS) is 10.2. The van der Waals surface area contributed by atoms with Gasteiger partial charge in [0.05, 0.1) is 19.9 Å². The summed E-state index contributed by atoms with van der Waals surface area (Å²) in [6.07, 6.45) is 0. The molecule has 2 N–H and O–H groups in total. The number of rotatable bonds is 5. The number of halogens is 3. The molecule has 0 bridgehead atoms. The number of hydrazine groups is 1. The summed E-state index contributed by atoms with van der Waals surface area (Å²) < 4.78 is 0. The lowest BCUT2D eigenvalue weighted by atomic mass is 10.2. The van der Waals surface area contributed by atoms with Crippen LogP contribution in [-0.4, -0.2) is 9.85 Å². The average Bonchev–Trinajstić information content (AvgIpc) is 2.47. The van der Waals surface area contributed by atoms with Crippen LogP contribution in [0.4, 0.5) is 22.7 Å². The first-order valence-corrected chi connectivity index (χ1v) is 7.02. The van der Waals surface area contributed by atoms with E-state index in [0.29, 0.717) is 0 Å². The van der Waals surface area contributed by atoms with Crippen LogP contribution in [0.5, 0.6) is 0 Å². The summed E-state index contributed by atoms with van der Waals surface area (Å²) in [6, 6.07) is 6.16. The Hall–Kier alpha value is -2.29. The zero-order valence-corrected chi connectivity index (χ0v) is 13.3. The van der Waals surface area contributed by atoms with E-state index < -0.39 is 9.85 Å². The molecule has 0 fully saturated rings. The van der Waals surface area contributed by atoms with E-state index >= 15 is 0 Å². The van der Waals surface area contributed by atoms with Gasteiger partial charge in [0.25, 0.3) is 11.4 Å². The van der Waals surface area contributed by atoms with Crippen molar-refractivity contribution in [2.24, 2.45) is 0 Å². The molecule has 0 amide bonds. The SMILES string of the molecule is O=[N+]([O-])c1ccc(Cl)cc1NNc1cc(Cl)c(Cl)cc1[N+](=O)[O-]. The highest BCUT2D eigenvalue weighted by atomic mass is 35.5. The van der Waals surface area contributed by atoms with Crippen molar-refractivity contribution in [1.82, 2.24) is 0 Å². The van der Waals surface area contributed by atoms with E-state index in [4.69, 9.17) is 34.8 Å². The molecule has 0 unspecified atom stereocenters. The van der Waals surface area contributed by atoms with E-state index in [1.54, 1.807) is 0 Å². The van der Waals surface area contributed by atoms with Crippen LogP contribution in [0.15, 0.2) is 30.3 Å². The molecule has 0 aliphatic rings. The minimum atomic E-state index is -0.668. The van der Waals surface area contributed by atoms with Gasteiger partial charge in [-0.05, 0) is 18.2 Å². The van der Waals surface area contributed by atoms with Gasteiger partial charge in [0.1, 0.15) is 11.4 Å². The lowest BCUT2D eigenvalue weighted by molar-refractivity contribution is -0.384. The lowest BCUT2D eigenvalue weighted by Gasteiger charge is -2.11. The summed E-state index contributed by atoms with van der Waals surface area (Å²) in [4.78, 5) is 20.7. The van der Waals surface area contributed by atoms with Gasteiger partial charge in [-0.25, -0.2) is 0 Å². The Labute approximate surface area is 144 Å². The van der Waals surface area contributed by atoms with Gasteiger partial charge < -0.3 is 0 Å². The van der Waals surface area contributed by atoms with Gasteiger partial charge >= 0.3 is 0 Å². The maximum Gasteiger partial charge on any atom is 0.295 e. The number of nitrogens with zero attached hydrogens (tertiary/aromatic N) is 2. The monoisotopic (exact) mass is 376 g/mol. The molecular weight excluding hydrogens is 371 g/mol. The molecule has 0 saturated heterocycles. The molecule has 0 saturated carbocycles. The van der Waals surface area contributed by atoms with Gasteiger partial charge in [-0.2, -0.15) is 0 Å². The molecule has 2 aromatic rings. The highest BCUT2D eigenvalue weighted by molar-refractivity contribution is 6.42. The third-order valence-corrected chi connectivity index (χ3v) is 3.68. The number of nitro benzene ring substituents is 2. The fraction of sp³-hybridized carbons (Fsp3) is 0. The maximum absolute atomic E-state index is 11.0. The third-order valence-electron chi connectivity index (χ3n) is 2.72. The standard InChI is InChI=1S/C12H7Cl3N4O4/c13-6-1-2-11(18(20)21)9(3-6)16-17-10-4-7(14)8(15)5-12(10)19(22)23/h1-5,16-17H. The van der Waals surface area contributed by atoms with Gasteiger partial charge in [-0.15, -0.1) is 0 Å². The second kappa shape index (κ2) is 6.86. The molecule has 0 aromatic heterocycles. The second-order valence-corrected chi connectivity index (χ2v) is 5.46. The number of hydrogen-bond acceptors (Lipinski definition) is 6. The summed E-state index contributed by atoms with van der Waals surface area (Å²) in [6.45, 7) is 0. The minimum Gasteiger partial charge on any atom is -0.294 e. The zero-order chi connectivity index (χ0) is 17.1. The van der Waals surface area contributed by atoms with E-state index in [1.807, 2.05) is 0 Å². The van der Waals surface area contributed by atoms with Crippen molar-refractivity contribution < 1.29 is 9.85 Å². The lowest BCUT2D eigenvalue weighted by Crippen LogP contribution is -2.12. The van der Waals surface area contributed by atoms with E-state index in [-0.39, 0.29) is 37.8 Å². The predicted molar refractivity (Wildman–Crippen MR) is 88.5 cm³/mol. The molecule has 0 aliphatic carbocycles. The van der Waals surface area contributed by atoms with Crippen molar-refractivity contribution in [2.75, 3.05) is 10.9 Å². The molecule has 0 radical (unpaired) electrons. The molecule has 11 heteroatoms. The Morgan fingerprint density at radius 1 is 0.783 bits per heavy atom. The zero-order valence-electron chi connectivity index (χ0n) is 11.0. The first kappa shape index (κ1) is 17.1. The van der Waals surface area contributed by atoms with Crippen LogP contribution < -0.4 is 10.9 Å². The maximum atomic E-state index is 11.0. The van der Waals surface area contributed by atoms with Gasteiger partial charge in [-0.1, -0.05) is 34.8 Å². The number of hydrogen-bond donors (Lipinski definition) is 2. The Bertz CT molecular complexity index is 800. The first-order valence-electron chi connectivity index (χ1n) is 5.89.